The SMILES string of the molecule is CC(c1ccc2c(c1)C(c1ccccc1)(c1ccccc1)c1cc(CCC3c4ccc(-c5ccccc5)cc4-c4cc(-c5ccccc5)ccc43)c3ccccc3c1-2)C(Cc1ccccc1)c1cccc2sc3ccccc3c12. The highest BCUT2D eigenvalue weighted by Gasteiger charge is 2.47. The second kappa shape index (κ2) is 19.5. The van der Waals surface area contributed by atoms with Crippen LogP contribution >= 0.6 is 11.3 Å². The highest BCUT2D eigenvalue weighted by atomic mass is 32.1. The molecule has 0 saturated heterocycles. The molecule has 2 aliphatic rings. The van der Waals surface area contributed by atoms with Crippen LogP contribution in [-0.4, -0.2) is 0 Å². The number of aryl methyl sites for hydroxylation is 1. The molecule has 0 radical (unpaired) electrons. The summed E-state index contributed by atoms with van der Waals surface area (Å²) in [5, 5.41) is 5.44. The maximum Gasteiger partial charge on any atom is 0.0713 e. The van der Waals surface area contributed by atoms with Crippen molar-refractivity contribution in [3.8, 4) is 44.5 Å². The van der Waals surface area contributed by atoms with Crippen molar-refractivity contribution in [2.24, 2.45) is 0 Å². The predicted molar refractivity (Wildman–Crippen MR) is 335 cm³/mol. The van der Waals surface area contributed by atoms with Crippen molar-refractivity contribution >= 4 is 42.3 Å². The summed E-state index contributed by atoms with van der Waals surface area (Å²) >= 11 is 1.92. The first-order valence-electron chi connectivity index (χ1n) is 28.2. The lowest BCUT2D eigenvalue weighted by Gasteiger charge is -2.35. The largest absolute Gasteiger partial charge is 0.135 e. The van der Waals surface area contributed by atoms with Crippen molar-refractivity contribution in [2.75, 3.05) is 0 Å². The summed E-state index contributed by atoms with van der Waals surface area (Å²) in [6.45, 7) is 2.50. The lowest BCUT2D eigenvalue weighted by molar-refractivity contribution is 0.575. The highest BCUT2D eigenvalue weighted by Crippen LogP contribution is 2.60. The summed E-state index contributed by atoms with van der Waals surface area (Å²) in [6.07, 6.45) is 2.86. The molecule has 1 heterocycles. The zero-order valence-corrected chi connectivity index (χ0v) is 45.1. The Labute approximate surface area is 468 Å². The van der Waals surface area contributed by atoms with E-state index in [1.54, 1.807) is 0 Å². The average molecular weight is 1030 g/mol. The van der Waals surface area contributed by atoms with Crippen LogP contribution in [0.3, 0.4) is 0 Å². The lowest BCUT2D eigenvalue weighted by atomic mass is 9.66. The quantitative estimate of drug-likeness (QED) is 0.114. The van der Waals surface area contributed by atoms with Gasteiger partial charge in [-0.15, -0.1) is 11.3 Å². The molecule has 79 heavy (non-hydrogen) atoms. The van der Waals surface area contributed by atoms with E-state index in [4.69, 9.17) is 0 Å². The zero-order valence-electron chi connectivity index (χ0n) is 44.3. The van der Waals surface area contributed by atoms with Gasteiger partial charge in [-0.05, 0) is 166 Å². The Morgan fingerprint density at radius 3 is 1.59 bits per heavy atom. The Kier molecular flexibility index (Phi) is 11.7. The molecule has 2 unspecified atom stereocenters. The third-order valence-electron chi connectivity index (χ3n) is 18.0. The number of fused-ring (bicyclic) bond motifs is 11. The van der Waals surface area contributed by atoms with E-state index in [1.165, 1.54) is 131 Å². The number of thiophene rings is 1. The molecule has 13 aromatic rings. The van der Waals surface area contributed by atoms with Crippen molar-refractivity contribution in [3.05, 3.63) is 335 Å². The van der Waals surface area contributed by atoms with Crippen LogP contribution in [0.1, 0.15) is 86.7 Å². The van der Waals surface area contributed by atoms with Crippen LogP contribution in [0.25, 0.3) is 75.5 Å². The Morgan fingerprint density at radius 2 is 0.962 bits per heavy atom. The molecule has 376 valence electrons. The van der Waals surface area contributed by atoms with Gasteiger partial charge >= 0.3 is 0 Å². The molecule has 0 aliphatic heterocycles. The van der Waals surface area contributed by atoms with Gasteiger partial charge in [-0.2, -0.15) is 0 Å². The normalized spacial score (nSPS) is 14.0. The minimum absolute atomic E-state index is 0.194. The summed E-state index contributed by atoms with van der Waals surface area (Å²) < 4.78 is 2.71. The van der Waals surface area contributed by atoms with Crippen LogP contribution in [0.4, 0.5) is 0 Å². The Hall–Kier alpha value is -8.88. The van der Waals surface area contributed by atoms with E-state index in [0.717, 1.165) is 19.3 Å². The molecule has 0 nitrogen and oxygen atoms in total. The fourth-order valence-corrected chi connectivity index (χ4v) is 15.4. The van der Waals surface area contributed by atoms with Gasteiger partial charge in [-0.1, -0.05) is 262 Å². The first-order valence-corrected chi connectivity index (χ1v) is 29.1. The van der Waals surface area contributed by atoms with Crippen LogP contribution in [-0.2, 0) is 18.3 Å². The minimum atomic E-state index is -0.575. The van der Waals surface area contributed by atoms with Gasteiger partial charge in [0.2, 0.25) is 0 Å². The van der Waals surface area contributed by atoms with Gasteiger partial charge in [0, 0.05) is 26.1 Å². The van der Waals surface area contributed by atoms with Crippen molar-refractivity contribution in [1.29, 1.82) is 0 Å². The Morgan fingerprint density at radius 1 is 0.418 bits per heavy atom. The standard InChI is InChI=1S/C78H58S/c1-51(69(46-52-22-7-2-8-23-52)66-35-21-37-75-77(66)68-34-19-20-36-74(68)79-75)55-38-45-67-72(49-55)78(59-28-13-5-14-29-59,60-30-15-6-16-31-60)73-50-58(61-32-17-18-33-65(61)76(67)73)41-44-62-63-42-39-56(53-24-9-3-10-25-53)47-70(63)71-48-57(40-43-64(62)71)54-26-11-4-12-27-54/h2-40,42-43,45,47-51,62,69H,41,44,46H2,1H3. The number of rotatable bonds is 12. The second-order valence-corrected chi connectivity index (χ2v) is 23.2. The van der Waals surface area contributed by atoms with Crippen molar-refractivity contribution in [2.45, 2.75) is 49.4 Å². The van der Waals surface area contributed by atoms with Gasteiger partial charge in [-0.25, -0.2) is 0 Å². The third-order valence-corrected chi connectivity index (χ3v) is 19.1. The molecule has 12 aromatic carbocycles. The maximum atomic E-state index is 2.65. The summed E-state index contributed by atoms with van der Waals surface area (Å²) in [5.74, 6) is 0.671. The van der Waals surface area contributed by atoms with Gasteiger partial charge < -0.3 is 0 Å². The van der Waals surface area contributed by atoms with Gasteiger partial charge in [0.25, 0.3) is 0 Å². The molecule has 0 amide bonds. The molecule has 0 N–H and O–H groups in total. The molecule has 2 aliphatic carbocycles. The minimum Gasteiger partial charge on any atom is -0.135 e. The summed E-state index contributed by atoms with van der Waals surface area (Å²) in [7, 11) is 0. The van der Waals surface area contributed by atoms with Gasteiger partial charge in [0.1, 0.15) is 0 Å². The molecule has 0 bridgehead atoms. The molecule has 15 rings (SSSR count). The van der Waals surface area contributed by atoms with Crippen molar-refractivity contribution in [3.63, 3.8) is 0 Å². The Bertz CT molecular complexity index is 4270. The fourth-order valence-electron chi connectivity index (χ4n) is 14.3. The molecular weight excluding hydrogens is 969 g/mol. The highest BCUT2D eigenvalue weighted by molar-refractivity contribution is 7.25. The first-order chi connectivity index (χ1) is 39.1. The van der Waals surface area contributed by atoms with Crippen LogP contribution in [0.2, 0.25) is 0 Å². The predicted octanol–water partition coefficient (Wildman–Crippen LogP) is 20.8. The van der Waals surface area contributed by atoms with E-state index in [-0.39, 0.29) is 17.8 Å². The van der Waals surface area contributed by atoms with E-state index in [2.05, 4.69) is 286 Å². The van der Waals surface area contributed by atoms with E-state index >= 15 is 0 Å². The molecule has 2 atom stereocenters. The van der Waals surface area contributed by atoms with E-state index in [1.807, 2.05) is 11.3 Å². The summed E-state index contributed by atoms with van der Waals surface area (Å²) in [6, 6.07) is 106. The van der Waals surface area contributed by atoms with Crippen LogP contribution in [0.15, 0.2) is 279 Å². The third kappa shape index (κ3) is 7.85. The second-order valence-electron chi connectivity index (χ2n) is 22.1. The molecule has 1 heteroatoms. The average Bonchev–Trinajstić information content (AvgIpc) is 4.35. The van der Waals surface area contributed by atoms with E-state index < -0.39 is 5.41 Å². The van der Waals surface area contributed by atoms with Crippen LogP contribution < -0.4 is 0 Å². The van der Waals surface area contributed by atoms with Crippen molar-refractivity contribution < 1.29 is 0 Å². The Balaban J connectivity index is 0.892. The zero-order chi connectivity index (χ0) is 52.4. The smallest absolute Gasteiger partial charge is 0.0713 e. The van der Waals surface area contributed by atoms with Crippen molar-refractivity contribution in [1.82, 2.24) is 0 Å². The topological polar surface area (TPSA) is 0 Å². The maximum absolute atomic E-state index is 2.65. The molecule has 1 aromatic heterocycles. The molecular formula is C78H58S. The molecule has 0 spiro atoms. The van der Waals surface area contributed by atoms with Crippen LogP contribution in [0.5, 0.6) is 0 Å². The monoisotopic (exact) mass is 1030 g/mol. The van der Waals surface area contributed by atoms with Gasteiger partial charge in [0.15, 0.2) is 0 Å². The summed E-state index contributed by atoms with van der Waals surface area (Å²) in [4.78, 5) is 0. The number of benzene rings is 12. The number of hydrogen-bond donors (Lipinski definition) is 0. The lowest BCUT2D eigenvalue weighted by Crippen LogP contribution is -2.29. The first kappa shape index (κ1) is 47.3. The summed E-state index contributed by atoms with van der Waals surface area (Å²) in [5.41, 5.74) is 23.6. The van der Waals surface area contributed by atoms with Crippen LogP contribution in [0, 0.1) is 0 Å². The molecule has 0 fully saturated rings. The molecule has 0 saturated carbocycles. The van der Waals surface area contributed by atoms with E-state index in [0.29, 0.717) is 0 Å². The van der Waals surface area contributed by atoms with Gasteiger partial charge in [-0.3, -0.25) is 0 Å². The van der Waals surface area contributed by atoms with Gasteiger partial charge in [0.05, 0.1) is 5.41 Å². The number of hydrogen-bond acceptors (Lipinski definition) is 1. The fraction of sp³-hybridized carbons (Fsp3) is 0.103. The van der Waals surface area contributed by atoms with E-state index in [9.17, 15) is 0 Å².